The summed E-state index contributed by atoms with van der Waals surface area (Å²) in [7, 11) is -3.59. The molecule has 2 aliphatic rings. The summed E-state index contributed by atoms with van der Waals surface area (Å²) >= 11 is 0. The fourth-order valence-electron chi connectivity index (χ4n) is 4.74. The van der Waals surface area contributed by atoms with Crippen molar-refractivity contribution in [1.82, 2.24) is 18.9 Å². The molecule has 0 radical (unpaired) electrons. The minimum atomic E-state index is -3.59. The molecule has 0 saturated carbocycles. The minimum Gasteiger partial charge on any atom is -0.301 e. The second-order valence-electron chi connectivity index (χ2n) is 8.97. The van der Waals surface area contributed by atoms with Crippen LogP contribution in [0, 0.1) is 6.92 Å². The summed E-state index contributed by atoms with van der Waals surface area (Å²) in [4.78, 5) is 12.1. The van der Waals surface area contributed by atoms with Crippen LogP contribution in [0.2, 0.25) is 0 Å². The number of piperazine rings is 1. The van der Waals surface area contributed by atoms with Gasteiger partial charge >= 0.3 is 0 Å². The third kappa shape index (κ3) is 4.56. The predicted octanol–water partition coefficient (Wildman–Crippen LogP) is 3.40. The third-order valence-electron chi connectivity index (χ3n) is 6.60. The zero-order valence-corrected chi connectivity index (χ0v) is 21.6. The molecule has 0 amide bonds. The Morgan fingerprint density at radius 1 is 1.06 bits per heavy atom. The molecule has 1 N–H and O–H groups in total. The largest absolute Gasteiger partial charge is 0.301 e. The van der Waals surface area contributed by atoms with Gasteiger partial charge < -0.3 is 4.90 Å². The third-order valence-corrected chi connectivity index (χ3v) is 8.50. The number of aromatic nitrogens is 2. The fraction of sp³-hybridized carbons (Fsp3) is 0.520. The number of aryl methyl sites for hydroxylation is 3. The van der Waals surface area contributed by atoms with Crippen LogP contribution in [0.25, 0.3) is 5.70 Å². The number of aliphatic imine (C=N–C) groups is 1. The van der Waals surface area contributed by atoms with E-state index in [1.807, 2.05) is 17.7 Å². The highest BCUT2D eigenvalue weighted by atomic mass is 32.2. The van der Waals surface area contributed by atoms with Crippen LogP contribution in [0.3, 0.4) is 0 Å². The van der Waals surface area contributed by atoms with Crippen molar-refractivity contribution in [3.63, 3.8) is 0 Å². The first-order chi connectivity index (χ1) is 16.3. The van der Waals surface area contributed by atoms with Gasteiger partial charge in [0.25, 0.3) is 0 Å². The van der Waals surface area contributed by atoms with Crippen molar-refractivity contribution < 1.29 is 8.42 Å². The summed E-state index contributed by atoms with van der Waals surface area (Å²) in [5.41, 5.74) is 7.68. The van der Waals surface area contributed by atoms with E-state index < -0.39 is 10.0 Å². The van der Waals surface area contributed by atoms with E-state index >= 15 is 0 Å². The Morgan fingerprint density at radius 3 is 2.41 bits per heavy atom. The Labute approximate surface area is 203 Å². The van der Waals surface area contributed by atoms with Gasteiger partial charge in [-0.25, -0.2) is 23.1 Å². The van der Waals surface area contributed by atoms with Gasteiger partial charge in [0.1, 0.15) is 11.5 Å². The first kappa shape index (κ1) is 24.6. The Morgan fingerprint density at radius 2 is 1.76 bits per heavy atom. The van der Waals surface area contributed by atoms with E-state index in [2.05, 4.69) is 37.7 Å². The van der Waals surface area contributed by atoms with Crippen LogP contribution in [0.5, 0.6) is 0 Å². The Balaban J connectivity index is 1.72. The van der Waals surface area contributed by atoms with Crippen LogP contribution in [-0.2, 0) is 22.9 Å². The van der Waals surface area contributed by atoms with Crippen molar-refractivity contribution in [2.24, 2.45) is 4.99 Å². The van der Waals surface area contributed by atoms with E-state index in [0.717, 1.165) is 73.7 Å². The molecule has 9 heteroatoms. The molecule has 34 heavy (non-hydrogen) atoms. The second-order valence-corrected chi connectivity index (χ2v) is 10.9. The van der Waals surface area contributed by atoms with E-state index in [-0.39, 0.29) is 0 Å². The van der Waals surface area contributed by atoms with Gasteiger partial charge in [-0.05, 0) is 44.0 Å². The molecule has 2 aromatic rings. The Bertz CT molecular complexity index is 1210. The minimum absolute atomic E-state index is 0.309. The van der Waals surface area contributed by atoms with Crippen molar-refractivity contribution in [3.8, 4) is 0 Å². The summed E-state index contributed by atoms with van der Waals surface area (Å²) in [5.74, 6) is 1.54. The molecule has 0 unspecified atom stereocenters. The lowest BCUT2D eigenvalue weighted by Crippen LogP contribution is -2.48. The number of nitrogens with one attached hydrogen (secondary N) is 1. The van der Waals surface area contributed by atoms with Crippen molar-refractivity contribution in [2.75, 3.05) is 38.1 Å². The molecular weight excluding hydrogens is 448 g/mol. The quantitative estimate of drug-likeness (QED) is 0.621. The highest BCUT2D eigenvalue weighted by Gasteiger charge is 2.30. The highest BCUT2D eigenvalue weighted by Crippen LogP contribution is 2.28. The van der Waals surface area contributed by atoms with Crippen LogP contribution in [0.1, 0.15) is 62.0 Å². The number of imidazole rings is 1. The molecule has 8 nitrogen and oxygen atoms in total. The van der Waals surface area contributed by atoms with E-state index in [1.165, 1.54) is 0 Å². The normalized spacial score (nSPS) is 17.4. The SMILES string of the molecule is C=C1N=C(c2cc(S(=O)(=O)N3CCN(CC)CC3)ccc2CCC)Nn2c(CCC)nc(C)c21. The fourth-order valence-corrected chi connectivity index (χ4v) is 6.18. The molecule has 1 aromatic carbocycles. The van der Waals surface area contributed by atoms with Crippen LogP contribution >= 0.6 is 0 Å². The number of likely N-dealkylation sites (N-methyl/N-ethyl adjacent to an activating group) is 1. The average Bonchev–Trinajstić information content (AvgIpc) is 3.15. The first-order valence-electron chi connectivity index (χ1n) is 12.3. The van der Waals surface area contributed by atoms with Crippen LogP contribution in [0.15, 0.2) is 34.7 Å². The highest BCUT2D eigenvalue weighted by molar-refractivity contribution is 7.89. The lowest BCUT2D eigenvalue weighted by molar-refractivity contribution is 0.196. The van der Waals surface area contributed by atoms with Gasteiger partial charge in [-0.2, -0.15) is 4.31 Å². The van der Waals surface area contributed by atoms with Gasteiger partial charge in [0.15, 0.2) is 5.84 Å². The van der Waals surface area contributed by atoms with E-state index in [0.29, 0.717) is 29.5 Å². The molecule has 0 aliphatic carbocycles. The number of sulfonamides is 1. The summed E-state index contributed by atoms with van der Waals surface area (Å²) < 4.78 is 30.6. The van der Waals surface area contributed by atoms with Crippen molar-refractivity contribution >= 4 is 21.6 Å². The number of fused-ring (bicyclic) bond motifs is 1. The number of hydrogen-bond donors (Lipinski definition) is 1. The number of nitrogens with zero attached hydrogens (tertiary/aromatic N) is 5. The van der Waals surface area contributed by atoms with E-state index in [1.54, 1.807) is 16.4 Å². The Kier molecular flexibility index (Phi) is 7.25. The predicted molar refractivity (Wildman–Crippen MR) is 137 cm³/mol. The first-order valence-corrected chi connectivity index (χ1v) is 13.7. The number of amidine groups is 1. The monoisotopic (exact) mass is 484 g/mol. The molecule has 1 saturated heterocycles. The van der Waals surface area contributed by atoms with Gasteiger partial charge in [-0.1, -0.05) is 39.8 Å². The molecule has 1 fully saturated rings. The van der Waals surface area contributed by atoms with Crippen LogP contribution in [-0.4, -0.2) is 65.8 Å². The lowest BCUT2D eigenvalue weighted by atomic mass is 10.0. The summed E-state index contributed by atoms with van der Waals surface area (Å²) in [6.45, 7) is 16.0. The molecule has 0 bridgehead atoms. The van der Waals surface area contributed by atoms with Gasteiger partial charge in [-0.3, -0.25) is 5.43 Å². The van der Waals surface area contributed by atoms with Gasteiger partial charge in [0.2, 0.25) is 10.0 Å². The molecule has 0 spiro atoms. The van der Waals surface area contributed by atoms with E-state index in [4.69, 9.17) is 9.98 Å². The molecule has 3 heterocycles. The lowest BCUT2D eigenvalue weighted by Gasteiger charge is -2.33. The molecular formula is C25H36N6O2S. The number of benzene rings is 1. The maximum atomic E-state index is 13.5. The second kappa shape index (κ2) is 10.0. The molecule has 0 atom stereocenters. The zero-order valence-electron chi connectivity index (χ0n) is 20.8. The van der Waals surface area contributed by atoms with Crippen molar-refractivity contribution in [3.05, 3.63) is 53.1 Å². The molecule has 4 rings (SSSR count). The topological polar surface area (TPSA) is 82.8 Å². The average molecular weight is 485 g/mol. The maximum Gasteiger partial charge on any atom is 0.243 e. The van der Waals surface area contributed by atoms with Crippen LogP contribution in [0.4, 0.5) is 0 Å². The maximum absolute atomic E-state index is 13.5. The van der Waals surface area contributed by atoms with Gasteiger partial charge in [0.05, 0.1) is 16.3 Å². The smallest absolute Gasteiger partial charge is 0.243 e. The zero-order chi connectivity index (χ0) is 24.5. The van der Waals surface area contributed by atoms with Crippen molar-refractivity contribution in [1.29, 1.82) is 0 Å². The molecule has 1 aromatic heterocycles. The number of hydrogen-bond acceptors (Lipinski definition) is 6. The Hall–Kier alpha value is -2.49. The van der Waals surface area contributed by atoms with Crippen LogP contribution < -0.4 is 5.43 Å². The molecule has 184 valence electrons. The summed E-state index contributed by atoms with van der Waals surface area (Å²) in [6, 6.07) is 5.45. The molecule has 2 aliphatic heterocycles. The number of rotatable bonds is 8. The van der Waals surface area contributed by atoms with Gasteiger partial charge in [0, 0.05) is 38.2 Å². The van der Waals surface area contributed by atoms with Gasteiger partial charge in [-0.15, -0.1) is 0 Å². The summed E-state index contributed by atoms with van der Waals surface area (Å²) in [5, 5.41) is 0. The summed E-state index contributed by atoms with van der Waals surface area (Å²) in [6.07, 6.45) is 3.57. The van der Waals surface area contributed by atoms with E-state index in [9.17, 15) is 8.42 Å². The van der Waals surface area contributed by atoms with Crippen molar-refractivity contribution in [2.45, 2.75) is 58.3 Å². The standard InChI is InChI=1S/C25H36N6O2S/c1-6-9-20-11-12-21(34(32,33)30-15-13-29(8-3)14-16-30)17-22(20)25-27-19(5)24-18(4)26-23(10-7-2)31(24)28-25/h11-12,17H,5-10,13-16H2,1-4H3,(H,27,28).